The van der Waals surface area contributed by atoms with E-state index in [4.69, 9.17) is 31.6 Å². The van der Waals surface area contributed by atoms with Gasteiger partial charge in [0.15, 0.2) is 11.0 Å². The third-order valence-corrected chi connectivity index (χ3v) is 7.81. The molecule has 178 valence electrons. The lowest BCUT2D eigenvalue weighted by molar-refractivity contribution is -0.204. The van der Waals surface area contributed by atoms with Gasteiger partial charge in [0.05, 0.1) is 0 Å². The smallest absolute Gasteiger partial charge is 0.384 e. The number of hydrogen-bond acceptors (Lipinski definition) is 11. The summed E-state index contributed by atoms with van der Waals surface area (Å²) < 4.78 is 65.2. The van der Waals surface area contributed by atoms with Gasteiger partial charge in [0.1, 0.15) is 18.3 Å². The second-order valence-electron chi connectivity index (χ2n) is 6.27. The number of aromatic nitrogens is 2. The summed E-state index contributed by atoms with van der Waals surface area (Å²) in [5.74, 6) is -3.44. The van der Waals surface area contributed by atoms with Gasteiger partial charge in [-0.05, 0) is 19.1 Å². The summed E-state index contributed by atoms with van der Waals surface area (Å²) in [4.78, 5) is 48.8. The number of phosphoric ester groups is 1. The monoisotopic (exact) mass is 532 g/mol. The number of phosphoric acid groups is 3. The van der Waals surface area contributed by atoms with Gasteiger partial charge < -0.3 is 34.5 Å². The zero-order valence-electron chi connectivity index (χ0n) is 15.0. The van der Waals surface area contributed by atoms with Crippen molar-refractivity contribution in [3.05, 3.63) is 27.4 Å². The van der Waals surface area contributed by atoms with Gasteiger partial charge in [0.25, 0.3) is 11.4 Å². The average Bonchev–Trinajstić information content (AvgIpc) is 2.71. The van der Waals surface area contributed by atoms with Crippen molar-refractivity contribution in [1.29, 1.82) is 0 Å². The molecule has 21 heteroatoms. The fourth-order valence-corrected chi connectivity index (χ4v) is 5.77. The van der Waals surface area contributed by atoms with E-state index in [0.717, 1.165) is 23.8 Å². The highest BCUT2D eigenvalue weighted by atomic mass is 32.1. The molecule has 7 N–H and O–H groups in total. The van der Waals surface area contributed by atoms with Crippen LogP contribution in [0, 0.1) is 4.77 Å². The Balaban J connectivity index is 2.22. The maximum atomic E-state index is 15.1. The highest BCUT2D eigenvalue weighted by Gasteiger charge is 2.63. The second kappa shape index (κ2) is 8.59. The molecule has 0 spiro atoms. The summed E-state index contributed by atoms with van der Waals surface area (Å²) in [6.45, 7) is -0.789. The fraction of sp³-hybridized carbons (Fsp3) is 0.600. The molecule has 3 unspecified atom stereocenters. The number of hydrogen-bond donors (Lipinski definition) is 7. The first-order chi connectivity index (χ1) is 13.8. The van der Waals surface area contributed by atoms with Crippen LogP contribution in [0.1, 0.15) is 13.2 Å². The van der Waals surface area contributed by atoms with E-state index in [1.165, 1.54) is 0 Å². The van der Waals surface area contributed by atoms with Gasteiger partial charge in [-0.3, -0.25) is 18.9 Å². The van der Waals surface area contributed by atoms with Crippen molar-refractivity contribution in [2.45, 2.75) is 30.7 Å². The Morgan fingerprint density at radius 2 is 1.84 bits per heavy atom. The van der Waals surface area contributed by atoms with Crippen molar-refractivity contribution in [2.24, 2.45) is 0 Å². The zero-order chi connectivity index (χ0) is 24.0. The van der Waals surface area contributed by atoms with Gasteiger partial charge in [-0.15, -0.1) is 0 Å². The maximum Gasteiger partial charge on any atom is 0.490 e. The van der Waals surface area contributed by atoms with Crippen molar-refractivity contribution in [3.63, 3.8) is 0 Å². The van der Waals surface area contributed by atoms with Crippen LogP contribution < -0.4 is 5.56 Å². The number of alkyl halides is 1. The SMILES string of the molecule is CC1(O)[C@@H](O)[C@@](F)(COP(=O)(O)OP(=O)(O)OP(=O)(O)O)O[C@H]1n1ccc(=O)[nH]c1=S. The van der Waals surface area contributed by atoms with Crippen LogP contribution in [0.15, 0.2) is 17.1 Å². The minimum absolute atomic E-state index is 0.345. The second-order valence-corrected chi connectivity index (χ2v) is 11.1. The molecular weight excluding hydrogens is 516 g/mol. The first-order valence-corrected chi connectivity index (χ1v) is 12.6. The molecule has 0 aromatic carbocycles. The molecule has 1 aliphatic heterocycles. The van der Waals surface area contributed by atoms with Crippen LogP contribution in [0.5, 0.6) is 0 Å². The van der Waals surface area contributed by atoms with Crippen molar-refractivity contribution in [1.82, 2.24) is 9.55 Å². The summed E-state index contributed by atoms with van der Waals surface area (Å²) in [6, 6.07) is 0.936. The number of rotatable bonds is 8. The highest BCUT2D eigenvalue weighted by Crippen LogP contribution is 2.66. The van der Waals surface area contributed by atoms with Gasteiger partial charge in [-0.2, -0.15) is 8.62 Å². The molecule has 2 rings (SSSR count). The van der Waals surface area contributed by atoms with Gasteiger partial charge in [0, 0.05) is 12.3 Å². The van der Waals surface area contributed by atoms with Crippen molar-refractivity contribution >= 4 is 35.7 Å². The Morgan fingerprint density at radius 3 is 2.35 bits per heavy atom. The summed E-state index contributed by atoms with van der Waals surface area (Å²) in [6.07, 6.45) is -3.26. The normalized spacial score (nSPS) is 33.0. The van der Waals surface area contributed by atoms with E-state index >= 15 is 4.39 Å². The molecule has 0 saturated carbocycles. The average molecular weight is 532 g/mol. The Kier molecular flexibility index (Phi) is 7.36. The third kappa shape index (κ3) is 6.43. The van der Waals surface area contributed by atoms with Crippen LogP contribution in [0.25, 0.3) is 0 Å². The number of aliphatic hydroxyl groups excluding tert-OH is 1. The highest BCUT2D eigenvalue weighted by molar-refractivity contribution is 7.71. The van der Waals surface area contributed by atoms with E-state index in [1.807, 2.05) is 0 Å². The van der Waals surface area contributed by atoms with Crippen molar-refractivity contribution in [2.75, 3.05) is 6.61 Å². The van der Waals surface area contributed by atoms with E-state index in [0.29, 0.717) is 0 Å². The van der Waals surface area contributed by atoms with Crippen molar-refractivity contribution < 1.29 is 65.8 Å². The predicted octanol–water partition coefficient (Wildman–Crippen LogP) is -0.444. The van der Waals surface area contributed by atoms with Crippen LogP contribution in [0.4, 0.5) is 4.39 Å². The van der Waals surface area contributed by atoms with E-state index in [-0.39, 0.29) is 4.77 Å². The van der Waals surface area contributed by atoms with Crippen LogP contribution >= 0.6 is 35.7 Å². The lowest BCUT2D eigenvalue weighted by atomic mass is 9.95. The molecule has 1 fully saturated rings. The summed E-state index contributed by atoms with van der Waals surface area (Å²) in [5, 5.41) is 20.6. The Bertz CT molecular complexity index is 1100. The van der Waals surface area contributed by atoms with Crippen LogP contribution in [0.2, 0.25) is 0 Å². The summed E-state index contributed by atoms with van der Waals surface area (Å²) >= 11 is 4.86. The minimum Gasteiger partial charge on any atom is -0.384 e. The fourth-order valence-electron chi connectivity index (χ4n) is 2.48. The van der Waals surface area contributed by atoms with Crippen molar-refractivity contribution in [3.8, 4) is 0 Å². The summed E-state index contributed by atoms with van der Waals surface area (Å²) in [5.41, 5.74) is -3.09. The van der Waals surface area contributed by atoms with Gasteiger partial charge in [-0.1, -0.05) is 0 Å². The number of H-pyrrole nitrogens is 1. The predicted molar refractivity (Wildman–Crippen MR) is 96.3 cm³/mol. The first kappa shape index (κ1) is 26.6. The molecule has 16 nitrogen and oxygen atoms in total. The van der Waals surface area contributed by atoms with Gasteiger partial charge >= 0.3 is 23.5 Å². The van der Waals surface area contributed by atoms with E-state index in [1.54, 1.807) is 0 Å². The quantitative estimate of drug-likeness (QED) is 0.166. The zero-order valence-corrected chi connectivity index (χ0v) is 18.5. The molecule has 1 aromatic rings. The Morgan fingerprint density at radius 1 is 1.26 bits per heavy atom. The van der Waals surface area contributed by atoms with E-state index in [2.05, 4.69) is 18.1 Å². The van der Waals surface area contributed by atoms with E-state index in [9.17, 15) is 33.6 Å². The first-order valence-electron chi connectivity index (χ1n) is 7.65. The number of halogens is 1. The molecule has 31 heavy (non-hydrogen) atoms. The lowest BCUT2D eigenvalue weighted by Gasteiger charge is -2.28. The molecule has 1 aromatic heterocycles. The number of aromatic amines is 1. The number of ether oxygens (including phenoxy) is 1. The van der Waals surface area contributed by atoms with E-state index < -0.39 is 59.4 Å². The Hall–Kier alpha value is -0.680. The number of nitrogens with one attached hydrogen (secondary N) is 1. The van der Waals surface area contributed by atoms with Crippen LogP contribution in [-0.2, 0) is 31.6 Å². The molecule has 6 atom stereocenters. The molecule has 1 saturated heterocycles. The lowest BCUT2D eigenvalue weighted by Crippen LogP contribution is -2.49. The number of nitrogens with zero attached hydrogens (tertiary/aromatic N) is 1. The molecule has 0 amide bonds. The molecule has 0 radical (unpaired) electrons. The molecule has 0 bridgehead atoms. The molecule has 2 heterocycles. The minimum atomic E-state index is -5.86. The molecular formula is C10H16FN2O14P3S. The standard InChI is InChI=1S/C10H16FN2O14P3S/c1-9(16)6(15)10(11,25-7(9)13-3-2-5(14)12-8(13)31)4-24-29(20,21)27-30(22,23)26-28(17,18)19/h2-3,6-7,15-16H,4H2,1H3,(H,20,21)(H,22,23)(H,12,14,31)(H2,17,18,19)/t6-,7-,9?,10-/m1/s1. The van der Waals surface area contributed by atoms with Gasteiger partial charge in [0.2, 0.25) is 0 Å². The van der Waals surface area contributed by atoms with Crippen LogP contribution in [0.3, 0.4) is 0 Å². The van der Waals surface area contributed by atoms with Crippen LogP contribution in [-0.4, -0.2) is 63.5 Å². The Labute approximate surface area is 176 Å². The topological polar surface area (TPSA) is 247 Å². The molecule has 0 aliphatic carbocycles. The third-order valence-electron chi connectivity index (χ3n) is 3.71. The largest absolute Gasteiger partial charge is 0.490 e. The molecule has 1 aliphatic rings. The maximum absolute atomic E-state index is 15.1. The number of aliphatic hydroxyl groups is 2. The van der Waals surface area contributed by atoms with Gasteiger partial charge in [-0.25, -0.2) is 18.1 Å². The summed E-state index contributed by atoms with van der Waals surface area (Å²) in [7, 11) is -17.2.